The molecular formula is C16H16ClN3O. The molecule has 0 radical (unpaired) electrons. The van der Waals surface area contributed by atoms with E-state index in [9.17, 15) is 0 Å². The summed E-state index contributed by atoms with van der Waals surface area (Å²) in [5.41, 5.74) is 8.38. The van der Waals surface area contributed by atoms with Crippen LogP contribution in [0.1, 0.15) is 12.0 Å². The Balaban J connectivity index is 1.89. The molecule has 0 fully saturated rings. The lowest BCUT2D eigenvalue weighted by atomic mass is 10.1. The Morgan fingerprint density at radius 2 is 2.14 bits per heavy atom. The van der Waals surface area contributed by atoms with Gasteiger partial charge < -0.3 is 15.5 Å². The average molecular weight is 302 g/mol. The zero-order valence-electron chi connectivity index (χ0n) is 11.5. The molecule has 3 aromatic rings. The van der Waals surface area contributed by atoms with Gasteiger partial charge in [0.2, 0.25) is 0 Å². The summed E-state index contributed by atoms with van der Waals surface area (Å²) in [6, 6.07) is 11.6. The van der Waals surface area contributed by atoms with Crippen molar-refractivity contribution in [1.82, 2.24) is 9.97 Å². The van der Waals surface area contributed by atoms with E-state index in [1.165, 1.54) is 5.56 Å². The molecule has 5 heteroatoms. The third-order valence-corrected chi connectivity index (χ3v) is 3.47. The molecule has 4 nitrogen and oxygen atoms in total. The molecule has 0 aliphatic heterocycles. The number of H-pyrrole nitrogens is 1. The summed E-state index contributed by atoms with van der Waals surface area (Å²) in [6.45, 7) is 0.688. The van der Waals surface area contributed by atoms with Crippen molar-refractivity contribution in [3.05, 3.63) is 53.3 Å². The first-order valence-electron chi connectivity index (χ1n) is 6.86. The van der Waals surface area contributed by atoms with E-state index < -0.39 is 0 Å². The fraction of sp³-hybridized carbons (Fsp3) is 0.188. The highest BCUT2D eigenvalue weighted by Crippen LogP contribution is 2.31. The second-order valence-corrected chi connectivity index (χ2v) is 5.28. The van der Waals surface area contributed by atoms with Crippen molar-refractivity contribution in [2.24, 2.45) is 5.73 Å². The lowest BCUT2D eigenvalue weighted by molar-refractivity contribution is 0.486. The summed E-state index contributed by atoms with van der Waals surface area (Å²) in [4.78, 5) is 7.31. The molecule has 21 heavy (non-hydrogen) atoms. The van der Waals surface area contributed by atoms with E-state index in [1.807, 2.05) is 24.3 Å². The van der Waals surface area contributed by atoms with Gasteiger partial charge in [-0.25, -0.2) is 4.98 Å². The largest absolute Gasteiger partial charge is 0.455 e. The Morgan fingerprint density at radius 1 is 1.24 bits per heavy atom. The molecule has 0 saturated carbocycles. The van der Waals surface area contributed by atoms with Crippen molar-refractivity contribution >= 4 is 22.6 Å². The maximum Gasteiger partial charge on any atom is 0.156 e. The van der Waals surface area contributed by atoms with Gasteiger partial charge in [-0.2, -0.15) is 0 Å². The Hall–Kier alpha value is -2.04. The second kappa shape index (κ2) is 6.16. The molecule has 0 spiro atoms. The first-order chi connectivity index (χ1) is 10.3. The van der Waals surface area contributed by atoms with Gasteiger partial charge in [-0.3, -0.25) is 0 Å². The van der Waals surface area contributed by atoms with Crippen LogP contribution in [0.4, 0.5) is 0 Å². The minimum Gasteiger partial charge on any atom is -0.455 e. The molecule has 0 aliphatic carbocycles. The Bertz CT molecular complexity index is 754. The van der Waals surface area contributed by atoms with Crippen molar-refractivity contribution in [1.29, 1.82) is 0 Å². The first kappa shape index (κ1) is 13.9. The number of aromatic amines is 1. The number of nitrogens with two attached hydrogens (primary N) is 1. The fourth-order valence-corrected chi connectivity index (χ4v) is 2.47. The van der Waals surface area contributed by atoms with Gasteiger partial charge in [0.15, 0.2) is 5.75 Å². The molecule has 0 bridgehead atoms. The van der Waals surface area contributed by atoms with Crippen LogP contribution in [-0.4, -0.2) is 16.5 Å². The van der Waals surface area contributed by atoms with Crippen LogP contribution < -0.4 is 10.5 Å². The Kier molecular flexibility index (Phi) is 4.08. The van der Waals surface area contributed by atoms with Crippen molar-refractivity contribution in [3.8, 4) is 11.5 Å². The summed E-state index contributed by atoms with van der Waals surface area (Å²) in [6.07, 6.45) is 3.54. The van der Waals surface area contributed by atoms with Crippen molar-refractivity contribution in [2.45, 2.75) is 12.8 Å². The smallest absolute Gasteiger partial charge is 0.156 e. The zero-order valence-corrected chi connectivity index (χ0v) is 12.2. The molecule has 0 aliphatic rings. The van der Waals surface area contributed by atoms with Gasteiger partial charge in [0, 0.05) is 11.1 Å². The summed E-state index contributed by atoms with van der Waals surface area (Å²) in [7, 11) is 0. The van der Waals surface area contributed by atoms with Crippen LogP contribution in [0.25, 0.3) is 11.0 Å². The summed E-state index contributed by atoms with van der Waals surface area (Å²) < 4.78 is 5.95. The molecule has 0 unspecified atom stereocenters. The van der Waals surface area contributed by atoms with E-state index in [2.05, 4.69) is 16.0 Å². The maximum absolute atomic E-state index is 6.11. The highest BCUT2D eigenvalue weighted by Gasteiger charge is 2.08. The number of imidazole rings is 1. The number of hydrogen-bond donors (Lipinski definition) is 2. The third-order valence-electron chi connectivity index (χ3n) is 3.25. The SMILES string of the molecule is NCCCc1cccc(Oc2cc(Cl)cc3[nH]cnc23)c1. The van der Waals surface area contributed by atoms with Gasteiger partial charge >= 0.3 is 0 Å². The second-order valence-electron chi connectivity index (χ2n) is 4.84. The number of nitrogens with one attached hydrogen (secondary N) is 1. The van der Waals surface area contributed by atoms with Gasteiger partial charge in [-0.1, -0.05) is 23.7 Å². The number of aryl methyl sites for hydroxylation is 1. The van der Waals surface area contributed by atoms with Gasteiger partial charge in [0.1, 0.15) is 11.3 Å². The third kappa shape index (κ3) is 3.17. The number of fused-ring (bicyclic) bond motifs is 1. The van der Waals surface area contributed by atoms with E-state index in [-0.39, 0.29) is 0 Å². The number of rotatable bonds is 5. The number of nitrogens with zero attached hydrogens (tertiary/aromatic N) is 1. The molecular weight excluding hydrogens is 286 g/mol. The molecule has 0 atom stereocenters. The number of aromatic nitrogens is 2. The van der Waals surface area contributed by atoms with Crippen LogP contribution in [0, 0.1) is 0 Å². The summed E-state index contributed by atoms with van der Waals surface area (Å²) in [5.74, 6) is 1.42. The van der Waals surface area contributed by atoms with Gasteiger partial charge in [0.25, 0.3) is 0 Å². The lowest BCUT2D eigenvalue weighted by Crippen LogP contribution is -2.00. The highest BCUT2D eigenvalue weighted by atomic mass is 35.5. The molecule has 108 valence electrons. The lowest BCUT2D eigenvalue weighted by Gasteiger charge is -2.08. The van der Waals surface area contributed by atoms with Crippen molar-refractivity contribution in [2.75, 3.05) is 6.54 Å². The molecule has 0 amide bonds. The van der Waals surface area contributed by atoms with Gasteiger partial charge in [-0.05, 0) is 43.1 Å². The number of halogens is 1. The number of ether oxygens (including phenoxy) is 1. The molecule has 3 N–H and O–H groups in total. The van der Waals surface area contributed by atoms with Crippen LogP contribution in [-0.2, 0) is 6.42 Å². The maximum atomic E-state index is 6.11. The highest BCUT2D eigenvalue weighted by molar-refractivity contribution is 6.31. The van der Waals surface area contributed by atoms with Gasteiger partial charge in [-0.15, -0.1) is 0 Å². The average Bonchev–Trinajstić information content (AvgIpc) is 2.94. The summed E-state index contributed by atoms with van der Waals surface area (Å²) in [5, 5.41) is 0.612. The number of hydrogen-bond acceptors (Lipinski definition) is 3. The van der Waals surface area contributed by atoms with E-state index in [4.69, 9.17) is 22.1 Å². The first-order valence-corrected chi connectivity index (χ1v) is 7.23. The monoisotopic (exact) mass is 301 g/mol. The quantitative estimate of drug-likeness (QED) is 0.751. The standard InChI is InChI=1S/C16H16ClN3O/c17-12-8-14-16(20-10-19-14)15(9-12)21-13-5-1-3-11(7-13)4-2-6-18/h1,3,5,7-10H,2,4,6,18H2,(H,19,20). The van der Waals surface area contributed by atoms with E-state index in [0.29, 0.717) is 17.3 Å². The molecule has 3 rings (SSSR count). The zero-order chi connectivity index (χ0) is 14.7. The normalized spacial score (nSPS) is 11.0. The molecule has 1 aromatic heterocycles. The summed E-state index contributed by atoms with van der Waals surface area (Å²) >= 11 is 6.11. The van der Waals surface area contributed by atoms with Gasteiger partial charge in [0.05, 0.1) is 11.8 Å². The van der Waals surface area contributed by atoms with E-state index in [1.54, 1.807) is 12.4 Å². The Morgan fingerprint density at radius 3 is 3.00 bits per heavy atom. The minimum absolute atomic E-state index is 0.612. The van der Waals surface area contributed by atoms with E-state index >= 15 is 0 Å². The van der Waals surface area contributed by atoms with Crippen molar-refractivity contribution < 1.29 is 4.74 Å². The fourth-order valence-electron chi connectivity index (χ4n) is 2.26. The predicted octanol–water partition coefficient (Wildman–Crippen LogP) is 3.90. The number of benzene rings is 2. The van der Waals surface area contributed by atoms with Crippen LogP contribution in [0.5, 0.6) is 11.5 Å². The minimum atomic E-state index is 0.612. The Labute approximate surface area is 127 Å². The van der Waals surface area contributed by atoms with Crippen LogP contribution in [0.3, 0.4) is 0 Å². The molecule has 0 saturated heterocycles. The van der Waals surface area contributed by atoms with Crippen LogP contribution in [0.15, 0.2) is 42.7 Å². The van der Waals surface area contributed by atoms with Crippen molar-refractivity contribution in [3.63, 3.8) is 0 Å². The predicted molar refractivity (Wildman–Crippen MR) is 85.0 cm³/mol. The molecule has 1 heterocycles. The van der Waals surface area contributed by atoms with Crippen LogP contribution >= 0.6 is 11.6 Å². The molecule has 2 aromatic carbocycles. The van der Waals surface area contributed by atoms with Crippen LogP contribution in [0.2, 0.25) is 5.02 Å². The van der Waals surface area contributed by atoms with E-state index in [0.717, 1.165) is 29.6 Å². The topological polar surface area (TPSA) is 63.9 Å².